The van der Waals surface area contributed by atoms with Gasteiger partial charge in [0.15, 0.2) is 11.6 Å². The van der Waals surface area contributed by atoms with Crippen molar-refractivity contribution in [2.24, 2.45) is 0 Å². The van der Waals surface area contributed by atoms with Gasteiger partial charge in [-0.25, -0.2) is 9.37 Å². The van der Waals surface area contributed by atoms with Crippen LogP contribution < -0.4 is 10.2 Å². The first kappa shape index (κ1) is 11.3. The average molecular weight is 223 g/mol. The number of anilines is 1. The first-order valence-electron chi connectivity index (χ1n) is 5.79. The lowest BCUT2D eigenvalue weighted by Gasteiger charge is -2.33. The Morgan fingerprint density at radius 2 is 2.38 bits per heavy atom. The predicted octanol–water partition coefficient (Wildman–Crippen LogP) is 1.80. The SMILES string of the molecule is CC(C)N(c1ncccc1F)C1CCNC1. The van der Waals surface area contributed by atoms with Crippen LogP contribution in [0.1, 0.15) is 20.3 Å². The van der Waals surface area contributed by atoms with E-state index in [2.05, 4.69) is 29.0 Å². The van der Waals surface area contributed by atoms with E-state index in [1.165, 1.54) is 6.07 Å². The predicted molar refractivity (Wildman–Crippen MR) is 63.1 cm³/mol. The van der Waals surface area contributed by atoms with Gasteiger partial charge < -0.3 is 10.2 Å². The molecule has 16 heavy (non-hydrogen) atoms. The Labute approximate surface area is 95.7 Å². The summed E-state index contributed by atoms with van der Waals surface area (Å²) in [6.45, 7) is 6.06. The van der Waals surface area contributed by atoms with E-state index in [9.17, 15) is 4.39 Å². The molecule has 2 heterocycles. The van der Waals surface area contributed by atoms with Crippen molar-refractivity contribution < 1.29 is 4.39 Å². The number of pyridine rings is 1. The van der Waals surface area contributed by atoms with E-state index in [1.807, 2.05) is 0 Å². The third-order valence-electron chi connectivity index (χ3n) is 2.97. The number of rotatable bonds is 3. The van der Waals surface area contributed by atoms with Gasteiger partial charge in [0.25, 0.3) is 0 Å². The van der Waals surface area contributed by atoms with Crippen LogP contribution in [0.25, 0.3) is 0 Å². The van der Waals surface area contributed by atoms with Gasteiger partial charge in [0.1, 0.15) is 0 Å². The largest absolute Gasteiger partial charge is 0.347 e. The molecule has 0 aliphatic carbocycles. The zero-order valence-electron chi connectivity index (χ0n) is 9.78. The third kappa shape index (κ3) is 2.16. The Morgan fingerprint density at radius 3 is 2.94 bits per heavy atom. The van der Waals surface area contributed by atoms with Gasteiger partial charge in [0.05, 0.1) is 0 Å². The van der Waals surface area contributed by atoms with Crippen LogP contribution in [0.2, 0.25) is 0 Å². The monoisotopic (exact) mass is 223 g/mol. The van der Waals surface area contributed by atoms with Crippen molar-refractivity contribution in [3.8, 4) is 0 Å². The molecular formula is C12H18FN3. The number of hydrogen-bond donors (Lipinski definition) is 1. The molecule has 0 spiro atoms. The molecule has 1 fully saturated rings. The average Bonchev–Trinajstić information content (AvgIpc) is 2.74. The van der Waals surface area contributed by atoms with E-state index in [-0.39, 0.29) is 11.9 Å². The van der Waals surface area contributed by atoms with Gasteiger partial charge in [-0.2, -0.15) is 0 Å². The van der Waals surface area contributed by atoms with E-state index < -0.39 is 0 Å². The molecule has 1 aliphatic rings. The third-order valence-corrected chi connectivity index (χ3v) is 2.97. The first-order chi connectivity index (χ1) is 7.70. The van der Waals surface area contributed by atoms with Crippen LogP contribution in [-0.4, -0.2) is 30.2 Å². The van der Waals surface area contributed by atoms with Gasteiger partial charge in [-0.1, -0.05) is 0 Å². The summed E-state index contributed by atoms with van der Waals surface area (Å²) in [6, 6.07) is 3.71. The number of nitrogens with one attached hydrogen (secondary N) is 1. The molecule has 1 unspecified atom stereocenters. The molecule has 1 aliphatic heterocycles. The number of hydrogen-bond acceptors (Lipinski definition) is 3. The fraction of sp³-hybridized carbons (Fsp3) is 0.583. The maximum absolute atomic E-state index is 13.7. The van der Waals surface area contributed by atoms with Crippen molar-refractivity contribution in [2.75, 3.05) is 18.0 Å². The molecule has 1 saturated heterocycles. The van der Waals surface area contributed by atoms with E-state index >= 15 is 0 Å². The molecule has 0 aromatic carbocycles. The quantitative estimate of drug-likeness (QED) is 0.847. The second kappa shape index (κ2) is 4.78. The zero-order valence-corrected chi connectivity index (χ0v) is 9.78. The lowest BCUT2D eigenvalue weighted by molar-refractivity contribution is 0.537. The Kier molecular flexibility index (Phi) is 3.39. The van der Waals surface area contributed by atoms with Gasteiger partial charge in [-0.05, 0) is 38.9 Å². The Morgan fingerprint density at radius 1 is 1.56 bits per heavy atom. The Hall–Kier alpha value is -1.16. The van der Waals surface area contributed by atoms with Crippen LogP contribution in [0.4, 0.5) is 10.2 Å². The van der Waals surface area contributed by atoms with E-state index in [4.69, 9.17) is 0 Å². The minimum Gasteiger partial charge on any atom is -0.347 e. The summed E-state index contributed by atoms with van der Waals surface area (Å²) in [4.78, 5) is 6.25. The Bertz CT molecular complexity index is 348. The molecule has 3 nitrogen and oxygen atoms in total. The highest BCUT2D eigenvalue weighted by atomic mass is 19.1. The molecule has 2 rings (SSSR count). The van der Waals surface area contributed by atoms with E-state index in [1.54, 1.807) is 12.3 Å². The molecule has 0 radical (unpaired) electrons. The van der Waals surface area contributed by atoms with Gasteiger partial charge in [-0.3, -0.25) is 0 Å². The first-order valence-corrected chi connectivity index (χ1v) is 5.79. The minimum atomic E-state index is -0.233. The highest BCUT2D eigenvalue weighted by Gasteiger charge is 2.27. The Balaban J connectivity index is 2.28. The normalized spacial score (nSPS) is 20.4. The summed E-state index contributed by atoms with van der Waals surface area (Å²) >= 11 is 0. The highest BCUT2D eigenvalue weighted by Crippen LogP contribution is 2.23. The maximum atomic E-state index is 13.7. The molecule has 0 amide bonds. The molecule has 0 bridgehead atoms. The minimum absolute atomic E-state index is 0.233. The number of halogens is 1. The van der Waals surface area contributed by atoms with Gasteiger partial charge >= 0.3 is 0 Å². The molecule has 1 atom stereocenters. The van der Waals surface area contributed by atoms with Gasteiger partial charge in [-0.15, -0.1) is 0 Å². The summed E-state index contributed by atoms with van der Waals surface area (Å²) in [5, 5.41) is 3.31. The topological polar surface area (TPSA) is 28.2 Å². The molecule has 88 valence electrons. The summed E-state index contributed by atoms with van der Waals surface area (Å²) < 4.78 is 13.7. The van der Waals surface area contributed by atoms with Crippen molar-refractivity contribution in [1.29, 1.82) is 0 Å². The van der Waals surface area contributed by atoms with Crippen molar-refractivity contribution >= 4 is 5.82 Å². The lowest BCUT2D eigenvalue weighted by Crippen LogP contribution is -2.43. The van der Waals surface area contributed by atoms with Crippen LogP contribution in [0.15, 0.2) is 18.3 Å². The molecule has 4 heteroatoms. The van der Waals surface area contributed by atoms with E-state index in [0.717, 1.165) is 19.5 Å². The van der Waals surface area contributed by atoms with Gasteiger partial charge in [0, 0.05) is 24.8 Å². The zero-order chi connectivity index (χ0) is 11.5. The van der Waals surface area contributed by atoms with Crippen molar-refractivity contribution in [3.63, 3.8) is 0 Å². The standard InChI is InChI=1S/C12H18FN3/c1-9(2)16(10-5-7-14-8-10)12-11(13)4-3-6-15-12/h3-4,6,9-10,14H,5,7-8H2,1-2H3. The van der Waals surface area contributed by atoms with Gasteiger partial charge in [0.2, 0.25) is 0 Å². The summed E-state index contributed by atoms with van der Waals surface area (Å²) in [5.74, 6) is 0.245. The molecule has 1 N–H and O–H groups in total. The van der Waals surface area contributed by atoms with Crippen molar-refractivity contribution in [2.45, 2.75) is 32.4 Å². The number of nitrogens with zero attached hydrogens (tertiary/aromatic N) is 2. The summed E-state index contributed by atoms with van der Waals surface area (Å²) in [5.41, 5.74) is 0. The summed E-state index contributed by atoms with van der Waals surface area (Å²) in [7, 11) is 0. The lowest BCUT2D eigenvalue weighted by atomic mass is 10.1. The molecular weight excluding hydrogens is 205 g/mol. The van der Waals surface area contributed by atoms with E-state index in [0.29, 0.717) is 11.9 Å². The van der Waals surface area contributed by atoms with Crippen LogP contribution in [0, 0.1) is 5.82 Å². The fourth-order valence-electron chi connectivity index (χ4n) is 2.28. The maximum Gasteiger partial charge on any atom is 0.165 e. The number of aromatic nitrogens is 1. The molecule has 0 saturated carbocycles. The second-order valence-corrected chi connectivity index (χ2v) is 4.46. The second-order valence-electron chi connectivity index (χ2n) is 4.46. The van der Waals surface area contributed by atoms with Crippen LogP contribution in [0.5, 0.6) is 0 Å². The van der Waals surface area contributed by atoms with Crippen molar-refractivity contribution in [3.05, 3.63) is 24.1 Å². The fourth-order valence-corrected chi connectivity index (χ4v) is 2.28. The van der Waals surface area contributed by atoms with Crippen LogP contribution in [-0.2, 0) is 0 Å². The highest BCUT2D eigenvalue weighted by molar-refractivity contribution is 5.42. The smallest absolute Gasteiger partial charge is 0.165 e. The summed E-state index contributed by atoms with van der Waals surface area (Å²) in [6.07, 6.45) is 2.70. The van der Waals surface area contributed by atoms with Crippen LogP contribution >= 0.6 is 0 Å². The van der Waals surface area contributed by atoms with Crippen LogP contribution in [0.3, 0.4) is 0 Å². The molecule has 1 aromatic rings. The van der Waals surface area contributed by atoms with Crippen molar-refractivity contribution in [1.82, 2.24) is 10.3 Å². The molecule has 1 aromatic heterocycles.